The Kier molecular flexibility index (Phi) is 5.19. The maximum atomic E-state index is 12.9. The summed E-state index contributed by atoms with van der Waals surface area (Å²) in [5.41, 5.74) is 0.871. The highest BCUT2D eigenvalue weighted by Gasteiger charge is 2.45. The van der Waals surface area contributed by atoms with Gasteiger partial charge >= 0.3 is 0 Å². The van der Waals surface area contributed by atoms with Crippen molar-refractivity contribution in [3.05, 3.63) is 59.0 Å². The Balaban J connectivity index is 1.36. The lowest BCUT2D eigenvalue weighted by Gasteiger charge is -2.34. The van der Waals surface area contributed by atoms with E-state index < -0.39 is 0 Å². The van der Waals surface area contributed by atoms with Crippen molar-refractivity contribution in [3.63, 3.8) is 0 Å². The molecule has 146 valence electrons. The normalized spacial score (nSPS) is 20.8. The maximum absolute atomic E-state index is 12.9. The van der Waals surface area contributed by atoms with Crippen LogP contribution in [0, 0.1) is 0 Å². The summed E-state index contributed by atoms with van der Waals surface area (Å²) in [4.78, 5) is 41.8. The van der Waals surface area contributed by atoms with E-state index in [0.29, 0.717) is 37.0 Å². The number of carbonyl (C=O) groups excluding carboxylic acids is 3. The Morgan fingerprint density at radius 3 is 2.50 bits per heavy atom. The third-order valence-corrected chi connectivity index (χ3v) is 5.67. The predicted molar refractivity (Wildman–Crippen MR) is 101 cm³/mol. The van der Waals surface area contributed by atoms with Gasteiger partial charge in [0.15, 0.2) is 11.8 Å². The molecule has 28 heavy (non-hydrogen) atoms. The summed E-state index contributed by atoms with van der Waals surface area (Å²) < 4.78 is 5.17. The Labute approximate surface area is 167 Å². The van der Waals surface area contributed by atoms with Crippen molar-refractivity contribution in [1.82, 2.24) is 9.80 Å². The monoisotopic (exact) mass is 402 g/mol. The van der Waals surface area contributed by atoms with E-state index in [0.717, 1.165) is 10.5 Å². The summed E-state index contributed by atoms with van der Waals surface area (Å²) in [5, 5.41) is 0.618. The highest BCUT2D eigenvalue weighted by molar-refractivity contribution is 6.30. The van der Waals surface area contributed by atoms with E-state index in [2.05, 4.69) is 0 Å². The molecule has 2 saturated heterocycles. The SMILES string of the molecule is O=C(c1ccco1)N1CC[NH+]([C@H]2CC(=O)N(Cc3ccc(Cl)cc3)C2=O)CC1. The molecule has 0 spiro atoms. The van der Waals surface area contributed by atoms with E-state index >= 15 is 0 Å². The molecule has 0 bridgehead atoms. The fourth-order valence-electron chi connectivity index (χ4n) is 3.84. The molecule has 2 aliphatic rings. The van der Waals surface area contributed by atoms with Crippen LogP contribution in [-0.2, 0) is 16.1 Å². The molecule has 3 amide bonds. The number of piperazine rings is 1. The van der Waals surface area contributed by atoms with Crippen LogP contribution in [0.25, 0.3) is 0 Å². The number of amides is 3. The van der Waals surface area contributed by atoms with Crippen molar-refractivity contribution in [3.8, 4) is 0 Å². The number of halogens is 1. The molecule has 0 unspecified atom stereocenters. The molecule has 0 aliphatic carbocycles. The molecule has 1 N–H and O–H groups in total. The standard InChI is InChI=1S/C20H20ClN3O4/c21-15-5-3-14(4-6-15)13-24-18(25)12-16(19(24)26)22-7-9-23(10-8-22)20(27)17-2-1-11-28-17/h1-6,11,16H,7-10,12-13H2/p+1/t16-/m0/s1. The first-order chi connectivity index (χ1) is 13.5. The number of imide groups is 1. The lowest BCUT2D eigenvalue weighted by molar-refractivity contribution is -0.918. The summed E-state index contributed by atoms with van der Waals surface area (Å²) in [6.45, 7) is 2.59. The highest BCUT2D eigenvalue weighted by Crippen LogP contribution is 2.17. The fourth-order valence-corrected chi connectivity index (χ4v) is 3.97. The van der Waals surface area contributed by atoms with Crippen LogP contribution in [0.2, 0.25) is 5.02 Å². The van der Waals surface area contributed by atoms with Gasteiger partial charge in [-0.05, 0) is 29.8 Å². The van der Waals surface area contributed by atoms with Gasteiger partial charge < -0.3 is 14.2 Å². The van der Waals surface area contributed by atoms with Gasteiger partial charge in [0.05, 0.1) is 45.4 Å². The van der Waals surface area contributed by atoms with E-state index in [4.69, 9.17) is 16.0 Å². The lowest BCUT2D eigenvalue weighted by atomic mass is 10.1. The summed E-state index contributed by atoms with van der Waals surface area (Å²) in [7, 11) is 0. The quantitative estimate of drug-likeness (QED) is 0.760. The molecule has 3 heterocycles. The zero-order chi connectivity index (χ0) is 19.7. The Morgan fingerprint density at radius 2 is 1.86 bits per heavy atom. The minimum absolute atomic E-state index is 0.137. The van der Waals surface area contributed by atoms with Crippen molar-refractivity contribution < 1.29 is 23.7 Å². The van der Waals surface area contributed by atoms with E-state index in [1.54, 1.807) is 29.2 Å². The number of nitrogens with zero attached hydrogens (tertiary/aromatic N) is 2. The van der Waals surface area contributed by atoms with Crippen LogP contribution in [0.4, 0.5) is 0 Å². The van der Waals surface area contributed by atoms with Gasteiger partial charge in [-0.15, -0.1) is 0 Å². The number of rotatable bonds is 4. The first kappa shape index (κ1) is 18.7. The van der Waals surface area contributed by atoms with E-state index in [-0.39, 0.29) is 36.7 Å². The smallest absolute Gasteiger partial charge is 0.289 e. The Bertz CT molecular complexity index is 873. The third-order valence-electron chi connectivity index (χ3n) is 5.42. The van der Waals surface area contributed by atoms with Crippen molar-refractivity contribution >= 4 is 29.3 Å². The molecule has 2 aromatic rings. The number of likely N-dealkylation sites (tertiary alicyclic amines) is 1. The number of furan rings is 1. The first-order valence-electron chi connectivity index (χ1n) is 9.29. The molecule has 1 aromatic heterocycles. The first-order valence-corrected chi connectivity index (χ1v) is 9.67. The van der Waals surface area contributed by atoms with E-state index in [1.165, 1.54) is 11.2 Å². The van der Waals surface area contributed by atoms with Crippen LogP contribution in [0.15, 0.2) is 47.1 Å². The van der Waals surface area contributed by atoms with Gasteiger partial charge in [-0.1, -0.05) is 23.7 Å². The molecule has 1 atom stereocenters. The molecular weight excluding hydrogens is 382 g/mol. The van der Waals surface area contributed by atoms with Crippen LogP contribution < -0.4 is 4.90 Å². The number of hydrogen-bond donors (Lipinski definition) is 1. The van der Waals surface area contributed by atoms with Gasteiger partial charge in [0, 0.05) is 5.02 Å². The molecule has 0 radical (unpaired) electrons. The maximum Gasteiger partial charge on any atom is 0.289 e. The summed E-state index contributed by atoms with van der Waals surface area (Å²) in [6.07, 6.45) is 1.70. The van der Waals surface area contributed by atoms with Crippen LogP contribution in [-0.4, -0.2) is 59.7 Å². The fraction of sp³-hybridized carbons (Fsp3) is 0.350. The zero-order valence-corrected chi connectivity index (χ0v) is 16.0. The molecule has 0 saturated carbocycles. The largest absolute Gasteiger partial charge is 0.459 e. The van der Waals surface area contributed by atoms with Crippen LogP contribution in [0.5, 0.6) is 0 Å². The number of hydrogen-bond acceptors (Lipinski definition) is 4. The summed E-state index contributed by atoms with van der Waals surface area (Å²) in [5.74, 6) is -0.0979. The number of carbonyl (C=O) groups is 3. The summed E-state index contributed by atoms with van der Waals surface area (Å²) >= 11 is 5.89. The van der Waals surface area contributed by atoms with Gasteiger partial charge in [-0.25, -0.2) is 0 Å². The van der Waals surface area contributed by atoms with Gasteiger partial charge in [-0.3, -0.25) is 19.3 Å². The zero-order valence-electron chi connectivity index (χ0n) is 15.3. The minimum Gasteiger partial charge on any atom is -0.459 e. The van der Waals surface area contributed by atoms with Gasteiger partial charge in [-0.2, -0.15) is 0 Å². The molecular formula is C20H21ClN3O4+. The predicted octanol–water partition coefficient (Wildman–Crippen LogP) is 0.601. The average molecular weight is 403 g/mol. The van der Waals surface area contributed by atoms with Crippen LogP contribution in [0.1, 0.15) is 22.5 Å². The molecule has 2 aliphatic heterocycles. The molecule has 4 rings (SSSR count). The highest BCUT2D eigenvalue weighted by atomic mass is 35.5. The van der Waals surface area contributed by atoms with Gasteiger partial charge in [0.1, 0.15) is 0 Å². The summed E-state index contributed by atoms with van der Waals surface area (Å²) in [6, 6.07) is 10.1. The number of quaternary nitrogens is 1. The number of benzene rings is 1. The second-order valence-corrected chi connectivity index (χ2v) is 7.57. The van der Waals surface area contributed by atoms with Crippen molar-refractivity contribution in [2.45, 2.75) is 19.0 Å². The second-order valence-electron chi connectivity index (χ2n) is 7.13. The van der Waals surface area contributed by atoms with Gasteiger partial charge in [0.25, 0.3) is 11.8 Å². The topological polar surface area (TPSA) is 75.3 Å². The average Bonchev–Trinajstić information content (AvgIpc) is 3.33. The van der Waals surface area contributed by atoms with E-state index in [1.807, 2.05) is 12.1 Å². The van der Waals surface area contributed by atoms with Crippen LogP contribution >= 0.6 is 11.6 Å². The van der Waals surface area contributed by atoms with Crippen molar-refractivity contribution in [2.75, 3.05) is 26.2 Å². The Hall–Kier alpha value is -2.64. The minimum atomic E-state index is -0.374. The third kappa shape index (κ3) is 3.68. The second kappa shape index (κ2) is 7.77. The molecule has 2 fully saturated rings. The van der Waals surface area contributed by atoms with Crippen molar-refractivity contribution in [2.24, 2.45) is 0 Å². The Morgan fingerprint density at radius 1 is 1.14 bits per heavy atom. The van der Waals surface area contributed by atoms with Gasteiger partial charge in [0.2, 0.25) is 5.91 Å². The van der Waals surface area contributed by atoms with E-state index in [9.17, 15) is 14.4 Å². The molecule has 8 heteroatoms. The van der Waals surface area contributed by atoms with Crippen LogP contribution in [0.3, 0.4) is 0 Å². The lowest BCUT2D eigenvalue weighted by Crippen LogP contribution is -3.19. The molecule has 1 aromatic carbocycles. The number of nitrogens with one attached hydrogen (secondary N) is 1. The van der Waals surface area contributed by atoms with Crippen molar-refractivity contribution in [1.29, 1.82) is 0 Å². The molecule has 7 nitrogen and oxygen atoms in total.